The molecule has 2 rings (SSSR count). The zero-order valence-corrected chi connectivity index (χ0v) is 20.1. The fourth-order valence-corrected chi connectivity index (χ4v) is 3.78. The van der Waals surface area contributed by atoms with Crippen LogP contribution in [0.4, 0.5) is 20.2 Å². The lowest BCUT2D eigenvalue weighted by molar-refractivity contribution is -0.125. The molecule has 10 heteroatoms. The number of halogens is 2. The topological polar surface area (TPSA) is 97.1 Å². The van der Waals surface area contributed by atoms with Crippen LogP contribution in [0.3, 0.4) is 0 Å². The molecule has 0 bridgehead atoms. The summed E-state index contributed by atoms with van der Waals surface area (Å²) in [6.45, 7) is 9.16. The van der Waals surface area contributed by atoms with Crippen LogP contribution in [0, 0.1) is 11.3 Å². The van der Waals surface area contributed by atoms with E-state index in [4.69, 9.17) is 10.5 Å². The van der Waals surface area contributed by atoms with E-state index in [1.165, 1.54) is 17.0 Å². The number of hydrogen-bond acceptors (Lipinski definition) is 6. The van der Waals surface area contributed by atoms with Gasteiger partial charge in [-0.25, -0.2) is 0 Å². The highest BCUT2D eigenvalue weighted by Crippen LogP contribution is 2.32. The van der Waals surface area contributed by atoms with Gasteiger partial charge < -0.3 is 25.4 Å². The highest BCUT2D eigenvalue weighted by Gasteiger charge is 2.30. The molecule has 3 N–H and O–H groups in total. The first-order valence-corrected chi connectivity index (χ1v) is 11.1. The van der Waals surface area contributed by atoms with Crippen molar-refractivity contribution in [1.29, 1.82) is 0 Å². The molecule has 0 saturated carbocycles. The third kappa shape index (κ3) is 8.21. The molecule has 33 heavy (non-hydrogen) atoms. The third-order valence-electron chi connectivity index (χ3n) is 4.98. The number of alkyl halides is 2. The molecule has 1 aromatic rings. The SMILES string of the molecule is CC(C)CN(CC(C)(C)C)[C@@H](CN)C(=O)Nc1ccc(N2CCOCC2=O)cc1OC(F)F. The Hall–Kier alpha value is -2.30. The lowest BCUT2D eigenvalue weighted by Crippen LogP contribution is -2.52. The van der Waals surface area contributed by atoms with Crippen LogP contribution in [0.25, 0.3) is 0 Å². The fraction of sp³-hybridized carbons (Fsp3) is 0.652. The zero-order chi connectivity index (χ0) is 24.8. The smallest absolute Gasteiger partial charge is 0.387 e. The van der Waals surface area contributed by atoms with E-state index < -0.39 is 18.6 Å². The highest BCUT2D eigenvalue weighted by atomic mass is 19.3. The molecule has 1 atom stereocenters. The number of carbonyl (C=O) groups is 2. The molecule has 0 unspecified atom stereocenters. The van der Waals surface area contributed by atoms with Crippen molar-refractivity contribution >= 4 is 23.2 Å². The number of amides is 2. The first-order valence-electron chi connectivity index (χ1n) is 11.1. The number of morpholine rings is 1. The van der Waals surface area contributed by atoms with E-state index in [0.717, 1.165) is 0 Å². The molecule has 0 aromatic heterocycles. The van der Waals surface area contributed by atoms with Gasteiger partial charge in [-0.1, -0.05) is 34.6 Å². The number of nitrogens with two attached hydrogens (primary N) is 1. The Morgan fingerprint density at radius 1 is 1.33 bits per heavy atom. The van der Waals surface area contributed by atoms with Crippen LogP contribution >= 0.6 is 0 Å². The summed E-state index contributed by atoms with van der Waals surface area (Å²) in [7, 11) is 0. The van der Waals surface area contributed by atoms with E-state index in [-0.39, 0.29) is 35.9 Å². The lowest BCUT2D eigenvalue weighted by atomic mass is 9.94. The largest absolute Gasteiger partial charge is 0.433 e. The molecule has 1 heterocycles. The molecular weight excluding hydrogens is 434 g/mol. The van der Waals surface area contributed by atoms with Gasteiger partial charge in [0.1, 0.15) is 12.6 Å². The summed E-state index contributed by atoms with van der Waals surface area (Å²) in [5.41, 5.74) is 6.38. The van der Waals surface area contributed by atoms with Crippen molar-refractivity contribution in [2.45, 2.75) is 47.3 Å². The summed E-state index contributed by atoms with van der Waals surface area (Å²) in [6, 6.07) is 3.71. The first-order chi connectivity index (χ1) is 15.4. The minimum Gasteiger partial charge on any atom is -0.433 e. The van der Waals surface area contributed by atoms with Gasteiger partial charge in [0.25, 0.3) is 5.91 Å². The van der Waals surface area contributed by atoms with Crippen LogP contribution in [0.15, 0.2) is 18.2 Å². The van der Waals surface area contributed by atoms with Crippen LogP contribution in [-0.4, -0.2) is 68.8 Å². The van der Waals surface area contributed by atoms with Gasteiger partial charge in [-0.3, -0.25) is 14.5 Å². The molecule has 186 valence electrons. The van der Waals surface area contributed by atoms with Crippen LogP contribution in [0.5, 0.6) is 5.75 Å². The summed E-state index contributed by atoms with van der Waals surface area (Å²) >= 11 is 0. The van der Waals surface area contributed by atoms with E-state index >= 15 is 0 Å². The van der Waals surface area contributed by atoms with Gasteiger partial charge >= 0.3 is 6.61 Å². The molecule has 8 nitrogen and oxygen atoms in total. The Labute approximate surface area is 194 Å². The second-order valence-corrected chi connectivity index (χ2v) is 9.78. The molecule has 0 aliphatic carbocycles. The van der Waals surface area contributed by atoms with Gasteiger partial charge in [-0.15, -0.1) is 0 Å². The number of nitrogens with one attached hydrogen (secondary N) is 1. The van der Waals surface area contributed by atoms with Crippen molar-refractivity contribution in [1.82, 2.24) is 4.90 Å². The molecule has 1 aromatic carbocycles. The Kier molecular flexibility index (Phi) is 9.57. The average molecular weight is 471 g/mol. The van der Waals surface area contributed by atoms with E-state index in [1.54, 1.807) is 6.07 Å². The Bertz CT molecular complexity index is 814. The maximum atomic E-state index is 13.2. The zero-order valence-electron chi connectivity index (χ0n) is 20.1. The van der Waals surface area contributed by atoms with Crippen molar-refractivity contribution < 1.29 is 27.8 Å². The normalized spacial score (nSPS) is 16.0. The van der Waals surface area contributed by atoms with E-state index in [0.29, 0.717) is 37.8 Å². The van der Waals surface area contributed by atoms with Gasteiger partial charge in [0, 0.05) is 37.9 Å². The average Bonchev–Trinajstić information content (AvgIpc) is 2.68. The molecule has 0 radical (unpaired) electrons. The lowest BCUT2D eigenvalue weighted by Gasteiger charge is -2.36. The van der Waals surface area contributed by atoms with Gasteiger partial charge in [-0.2, -0.15) is 8.78 Å². The van der Waals surface area contributed by atoms with Crippen molar-refractivity contribution in [3.63, 3.8) is 0 Å². The number of nitrogens with zero attached hydrogens (tertiary/aromatic N) is 2. The van der Waals surface area contributed by atoms with Crippen LogP contribution in [0.1, 0.15) is 34.6 Å². The van der Waals surface area contributed by atoms with Crippen molar-refractivity contribution in [3.8, 4) is 5.75 Å². The summed E-state index contributed by atoms with van der Waals surface area (Å²) in [4.78, 5) is 28.7. The second-order valence-electron chi connectivity index (χ2n) is 9.78. The minimum absolute atomic E-state index is 0.0695. The maximum Gasteiger partial charge on any atom is 0.387 e. The van der Waals surface area contributed by atoms with Crippen LogP contribution in [-0.2, 0) is 14.3 Å². The van der Waals surface area contributed by atoms with Gasteiger partial charge in [-0.05, 0) is 23.5 Å². The van der Waals surface area contributed by atoms with Crippen LogP contribution < -0.4 is 20.7 Å². The molecule has 1 aliphatic heterocycles. The molecule has 1 fully saturated rings. The number of ether oxygens (including phenoxy) is 2. The minimum atomic E-state index is -3.10. The predicted molar refractivity (Wildman–Crippen MR) is 124 cm³/mol. The van der Waals surface area contributed by atoms with Crippen LogP contribution in [0.2, 0.25) is 0 Å². The van der Waals surface area contributed by atoms with Gasteiger partial charge in [0.05, 0.1) is 12.3 Å². The molecule has 2 amide bonds. The second kappa shape index (κ2) is 11.7. The van der Waals surface area contributed by atoms with Gasteiger partial charge in [0.15, 0.2) is 5.75 Å². The summed E-state index contributed by atoms with van der Waals surface area (Å²) in [5, 5.41) is 2.70. The Morgan fingerprint density at radius 2 is 2.03 bits per heavy atom. The number of hydrogen-bond donors (Lipinski definition) is 2. The Balaban J connectivity index is 2.29. The standard InChI is InChI=1S/C23H36F2N4O4/c1-15(2)12-28(14-23(3,4)5)18(11-26)21(31)27-17-7-6-16(10-19(17)33-22(24)25)29-8-9-32-13-20(29)30/h6-7,10,15,18,22H,8-9,11-14,26H2,1-5H3,(H,27,31)/t18-/m0/s1. The fourth-order valence-electron chi connectivity index (χ4n) is 3.78. The van der Waals surface area contributed by atoms with Crippen molar-refractivity contribution in [2.24, 2.45) is 17.1 Å². The Morgan fingerprint density at radius 3 is 2.58 bits per heavy atom. The maximum absolute atomic E-state index is 13.2. The first kappa shape index (κ1) is 26.9. The van der Waals surface area contributed by atoms with Crippen molar-refractivity contribution in [3.05, 3.63) is 18.2 Å². The number of benzene rings is 1. The quantitative estimate of drug-likeness (QED) is 0.546. The molecule has 1 aliphatic rings. The number of carbonyl (C=O) groups excluding carboxylic acids is 2. The number of rotatable bonds is 10. The van der Waals surface area contributed by atoms with Crippen molar-refractivity contribution in [2.75, 3.05) is 49.6 Å². The summed E-state index contributed by atoms with van der Waals surface area (Å²) in [5.74, 6) is -0.609. The number of anilines is 2. The summed E-state index contributed by atoms with van der Waals surface area (Å²) in [6.07, 6.45) is 0. The summed E-state index contributed by atoms with van der Waals surface area (Å²) < 4.78 is 36.0. The van der Waals surface area contributed by atoms with E-state index in [2.05, 4.69) is 44.7 Å². The van der Waals surface area contributed by atoms with E-state index in [9.17, 15) is 18.4 Å². The molecule has 1 saturated heterocycles. The third-order valence-corrected chi connectivity index (χ3v) is 4.98. The van der Waals surface area contributed by atoms with E-state index in [1.807, 2.05) is 4.90 Å². The monoisotopic (exact) mass is 470 g/mol. The predicted octanol–water partition coefficient (Wildman–Crippen LogP) is 2.92. The molecular formula is C23H36F2N4O4. The van der Waals surface area contributed by atoms with Gasteiger partial charge in [0.2, 0.25) is 5.91 Å². The highest BCUT2D eigenvalue weighted by molar-refractivity contribution is 5.98. The molecule has 0 spiro atoms.